The van der Waals surface area contributed by atoms with Crippen LogP contribution in [0.25, 0.3) is 0 Å². The van der Waals surface area contributed by atoms with E-state index in [4.69, 9.17) is 0 Å². The topological polar surface area (TPSA) is 49.4 Å². The van der Waals surface area contributed by atoms with Gasteiger partial charge in [0.2, 0.25) is 5.91 Å². The average Bonchev–Trinajstić information content (AvgIpc) is 2.96. The first-order valence-electron chi connectivity index (χ1n) is 9.03. The van der Waals surface area contributed by atoms with Crippen LogP contribution in [0.15, 0.2) is 54.6 Å². The Kier molecular flexibility index (Phi) is 4.26. The molecule has 1 aliphatic heterocycles. The minimum atomic E-state index is -0.590. The van der Waals surface area contributed by atoms with Gasteiger partial charge >= 0.3 is 0 Å². The van der Waals surface area contributed by atoms with Gasteiger partial charge in [0.1, 0.15) is 6.04 Å². The second-order valence-electron chi connectivity index (χ2n) is 6.84. The molecule has 2 aliphatic rings. The molecule has 4 rings (SSSR count). The maximum Gasteiger partial charge on any atom is 0.259 e. The fourth-order valence-corrected chi connectivity index (χ4v) is 3.96. The Morgan fingerprint density at radius 3 is 2.36 bits per heavy atom. The first-order valence-corrected chi connectivity index (χ1v) is 9.03. The van der Waals surface area contributed by atoms with Crippen LogP contribution in [0.3, 0.4) is 0 Å². The molecule has 1 atom stereocenters. The summed E-state index contributed by atoms with van der Waals surface area (Å²) < 4.78 is 0. The highest BCUT2D eigenvalue weighted by atomic mass is 16.2. The number of hydrogen-bond acceptors (Lipinski definition) is 2. The minimum Gasteiger partial charge on any atom is -0.351 e. The largest absolute Gasteiger partial charge is 0.351 e. The Morgan fingerprint density at radius 2 is 1.60 bits per heavy atom. The lowest BCUT2D eigenvalue weighted by atomic mass is 9.95. The lowest BCUT2D eigenvalue weighted by molar-refractivity contribution is -0.123. The van der Waals surface area contributed by atoms with Gasteiger partial charge in [-0.05, 0) is 36.6 Å². The Morgan fingerprint density at radius 1 is 0.920 bits per heavy atom. The number of carbonyl (C=O) groups is 2. The fourth-order valence-electron chi connectivity index (χ4n) is 3.96. The molecule has 0 radical (unpaired) electrons. The quantitative estimate of drug-likeness (QED) is 0.927. The third kappa shape index (κ3) is 2.93. The second kappa shape index (κ2) is 6.71. The number of amides is 2. The van der Waals surface area contributed by atoms with Crippen LogP contribution < -0.4 is 10.2 Å². The van der Waals surface area contributed by atoms with E-state index in [1.165, 1.54) is 6.42 Å². The molecule has 0 spiro atoms. The van der Waals surface area contributed by atoms with Crippen LogP contribution in [0.2, 0.25) is 0 Å². The first kappa shape index (κ1) is 15.9. The van der Waals surface area contributed by atoms with E-state index in [0.717, 1.165) is 36.9 Å². The molecule has 1 saturated carbocycles. The molecule has 0 aromatic heterocycles. The number of rotatable bonds is 3. The number of fused-ring (bicyclic) bond motifs is 1. The zero-order valence-corrected chi connectivity index (χ0v) is 14.2. The van der Waals surface area contributed by atoms with Gasteiger partial charge in [0.25, 0.3) is 5.91 Å². The molecule has 0 saturated heterocycles. The molecule has 4 heteroatoms. The molecule has 1 N–H and O–H groups in total. The highest BCUT2D eigenvalue weighted by Crippen LogP contribution is 2.37. The van der Waals surface area contributed by atoms with Crippen molar-refractivity contribution in [2.24, 2.45) is 0 Å². The van der Waals surface area contributed by atoms with Crippen molar-refractivity contribution in [1.29, 1.82) is 0 Å². The molecule has 4 nitrogen and oxygen atoms in total. The fraction of sp³-hybridized carbons (Fsp3) is 0.333. The Bertz CT molecular complexity index is 781. The van der Waals surface area contributed by atoms with Crippen molar-refractivity contribution in [3.8, 4) is 0 Å². The first-order chi connectivity index (χ1) is 12.3. The van der Waals surface area contributed by atoms with E-state index in [-0.39, 0.29) is 17.9 Å². The van der Waals surface area contributed by atoms with Crippen LogP contribution in [0.5, 0.6) is 0 Å². The van der Waals surface area contributed by atoms with Gasteiger partial charge in [-0.15, -0.1) is 0 Å². The molecule has 2 amide bonds. The third-order valence-corrected chi connectivity index (χ3v) is 5.20. The maximum atomic E-state index is 13.1. The molecule has 1 fully saturated rings. The molecule has 25 heavy (non-hydrogen) atoms. The van der Waals surface area contributed by atoms with Gasteiger partial charge in [0.15, 0.2) is 0 Å². The number of hydrogen-bond donors (Lipinski definition) is 1. The van der Waals surface area contributed by atoms with E-state index in [2.05, 4.69) is 5.32 Å². The van der Waals surface area contributed by atoms with Crippen molar-refractivity contribution in [2.45, 2.75) is 44.2 Å². The molecule has 0 bridgehead atoms. The Labute approximate surface area is 147 Å². The van der Waals surface area contributed by atoms with Gasteiger partial charge in [-0.3, -0.25) is 14.5 Å². The lowest BCUT2D eigenvalue weighted by Gasteiger charge is -2.28. The van der Waals surface area contributed by atoms with E-state index in [1.807, 2.05) is 54.6 Å². The summed E-state index contributed by atoms with van der Waals surface area (Å²) in [5, 5.41) is 3.19. The standard InChI is InChI=1S/C21H22N2O2/c24-20(22-15-9-3-1-4-10-15)19-17-13-7-8-14-18(17)21(25)23(19)16-11-5-2-6-12-16/h2,5-8,11-15,19H,1,3-4,9-10H2,(H,22,24). The molecule has 2 aromatic carbocycles. The SMILES string of the molecule is O=C(NC1CCCCC1)C1c2ccccc2C(=O)N1c1ccccc1. The van der Waals surface area contributed by atoms with Gasteiger partial charge in [-0.25, -0.2) is 0 Å². The summed E-state index contributed by atoms with van der Waals surface area (Å²) in [5.41, 5.74) is 2.17. The molecular formula is C21H22N2O2. The zero-order valence-electron chi connectivity index (χ0n) is 14.2. The monoisotopic (exact) mass is 334 g/mol. The van der Waals surface area contributed by atoms with Crippen molar-refractivity contribution in [1.82, 2.24) is 5.32 Å². The number of benzene rings is 2. The van der Waals surface area contributed by atoms with E-state index in [0.29, 0.717) is 5.56 Å². The van der Waals surface area contributed by atoms with Crippen LogP contribution in [0.1, 0.15) is 54.1 Å². The van der Waals surface area contributed by atoms with E-state index in [9.17, 15) is 9.59 Å². The van der Waals surface area contributed by atoms with E-state index < -0.39 is 6.04 Å². The normalized spacial score (nSPS) is 20.4. The summed E-state index contributed by atoms with van der Waals surface area (Å²) in [5.74, 6) is -0.181. The van der Waals surface area contributed by atoms with Crippen molar-refractivity contribution in [2.75, 3.05) is 4.90 Å². The van der Waals surface area contributed by atoms with Gasteiger partial charge in [0.05, 0.1) is 0 Å². The second-order valence-corrected chi connectivity index (χ2v) is 6.84. The maximum absolute atomic E-state index is 13.1. The molecule has 1 aliphatic carbocycles. The zero-order chi connectivity index (χ0) is 17.2. The summed E-state index contributed by atoms with van der Waals surface area (Å²) in [7, 11) is 0. The van der Waals surface area contributed by atoms with Crippen LogP contribution >= 0.6 is 0 Å². The minimum absolute atomic E-state index is 0.0750. The number of anilines is 1. The number of nitrogens with one attached hydrogen (secondary N) is 1. The highest BCUT2D eigenvalue weighted by molar-refractivity contribution is 6.15. The van der Waals surface area contributed by atoms with Crippen molar-refractivity contribution in [3.63, 3.8) is 0 Å². The third-order valence-electron chi connectivity index (χ3n) is 5.20. The van der Waals surface area contributed by atoms with Crippen LogP contribution in [-0.4, -0.2) is 17.9 Å². The summed E-state index contributed by atoms with van der Waals surface area (Å²) >= 11 is 0. The number of carbonyl (C=O) groups excluding carboxylic acids is 2. The number of nitrogens with zero attached hydrogens (tertiary/aromatic N) is 1. The smallest absolute Gasteiger partial charge is 0.259 e. The predicted molar refractivity (Wildman–Crippen MR) is 97.5 cm³/mol. The van der Waals surface area contributed by atoms with Crippen LogP contribution in [-0.2, 0) is 4.79 Å². The summed E-state index contributed by atoms with van der Waals surface area (Å²) in [6.07, 6.45) is 5.62. The van der Waals surface area contributed by atoms with Crippen molar-refractivity contribution >= 4 is 17.5 Å². The predicted octanol–water partition coefficient (Wildman–Crippen LogP) is 3.84. The molecule has 2 aromatic rings. The van der Waals surface area contributed by atoms with E-state index in [1.54, 1.807) is 4.90 Å². The summed E-state index contributed by atoms with van der Waals surface area (Å²) in [6, 6.07) is 16.5. The van der Waals surface area contributed by atoms with Crippen LogP contribution in [0, 0.1) is 0 Å². The van der Waals surface area contributed by atoms with Crippen LogP contribution in [0.4, 0.5) is 5.69 Å². The Balaban J connectivity index is 1.68. The van der Waals surface area contributed by atoms with E-state index >= 15 is 0 Å². The van der Waals surface area contributed by atoms with Gasteiger partial charge in [0, 0.05) is 17.3 Å². The summed E-state index contributed by atoms with van der Waals surface area (Å²) in [6.45, 7) is 0. The summed E-state index contributed by atoms with van der Waals surface area (Å²) in [4.78, 5) is 27.7. The van der Waals surface area contributed by atoms with Gasteiger partial charge in [-0.2, -0.15) is 0 Å². The number of para-hydroxylation sites is 1. The van der Waals surface area contributed by atoms with Gasteiger partial charge < -0.3 is 5.32 Å². The lowest BCUT2D eigenvalue weighted by Crippen LogP contribution is -2.44. The molecule has 128 valence electrons. The average molecular weight is 334 g/mol. The highest BCUT2D eigenvalue weighted by Gasteiger charge is 2.42. The Hall–Kier alpha value is -2.62. The molecule has 1 unspecified atom stereocenters. The van der Waals surface area contributed by atoms with Crippen molar-refractivity contribution < 1.29 is 9.59 Å². The molecular weight excluding hydrogens is 312 g/mol. The molecule has 1 heterocycles. The van der Waals surface area contributed by atoms with Gasteiger partial charge in [-0.1, -0.05) is 55.7 Å². The van der Waals surface area contributed by atoms with Crippen molar-refractivity contribution in [3.05, 3.63) is 65.7 Å².